The first-order chi connectivity index (χ1) is 7.00. The monoisotopic (exact) mass is 207 g/mol. The van der Waals surface area contributed by atoms with Gasteiger partial charge in [-0.2, -0.15) is 0 Å². The lowest BCUT2D eigenvalue weighted by Crippen LogP contribution is -2.31. The predicted octanol–water partition coefficient (Wildman–Crippen LogP) is 1.96. The normalized spacial score (nSPS) is 15.2. The standard InChI is InChI=1S/C12H17NO2/c1-8-4-5-9-11(15-7-6-14-9)10(8)12(2,3)13/h4-5H,6-7,13H2,1-3H3. The molecule has 3 nitrogen and oxygen atoms in total. The van der Waals surface area contributed by atoms with Crippen molar-refractivity contribution in [3.8, 4) is 11.5 Å². The maximum Gasteiger partial charge on any atom is 0.166 e. The van der Waals surface area contributed by atoms with Gasteiger partial charge in [0.05, 0.1) is 0 Å². The largest absolute Gasteiger partial charge is 0.486 e. The van der Waals surface area contributed by atoms with Gasteiger partial charge in [-0.1, -0.05) is 6.07 Å². The van der Waals surface area contributed by atoms with E-state index in [2.05, 4.69) is 0 Å². The summed E-state index contributed by atoms with van der Waals surface area (Å²) in [5.74, 6) is 1.62. The Bertz CT molecular complexity index is 380. The number of rotatable bonds is 1. The lowest BCUT2D eigenvalue weighted by atomic mass is 9.90. The third kappa shape index (κ3) is 1.79. The van der Waals surface area contributed by atoms with Crippen molar-refractivity contribution in [2.45, 2.75) is 26.3 Å². The molecule has 0 saturated carbocycles. The zero-order valence-corrected chi connectivity index (χ0v) is 9.46. The van der Waals surface area contributed by atoms with Crippen LogP contribution in [0.2, 0.25) is 0 Å². The maximum atomic E-state index is 6.15. The van der Waals surface area contributed by atoms with Crippen molar-refractivity contribution >= 4 is 0 Å². The molecule has 1 aromatic rings. The van der Waals surface area contributed by atoms with Crippen LogP contribution in [-0.2, 0) is 5.54 Å². The fourth-order valence-electron chi connectivity index (χ4n) is 2.02. The molecule has 0 unspecified atom stereocenters. The SMILES string of the molecule is Cc1ccc2c(c1C(C)(C)N)OCCO2. The van der Waals surface area contributed by atoms with E-state index < -0.39 is 5.54 Å². The number of benzene rings is 1. The van der Waals surface area contributed by atoms with E-state index in [4.69, 9.17) is 15.2 Å². The number of fused-ring (bicyclic) bond motifs is 1. The van der Waals surface area contributed by atoms with Gasteiger partial charge in [-0.25, -0.2) is 0 Å². The molecular weight excluding hydrogens is 190 g/mol. The van der Waals surface area contributed by atoms with Crippen LogP contribution >= 0.6 is 0 Å². The Morgan fingerprint density at radius 2 is 1.87 bits per heavy atom. The fourth-order valence-corrected chi connectivity index (χ4v) is 2.02. The van der Waals surface area contributed by atoms with E-state index in [-0.39, 0.29) is 0 Å². The van der Waals surface area contributed by atoms with Gasteiger partial charge in [0, 0.05) is 11.1 Å². The van der Waals surface area contributed by atoms with Gasteiger partial charge in [-0.3, -0.25) is 0 Å². The second-order valence-electron chi connectivity index (χ2n) is 4.50. The van der Waals surface area contributed by atoms with Gasteiger partial charge >= 0.3 is 0 Å². The van der Waals surface area contributed by atoms with Crippen LogP contribution < -0.4 is 15.2 Å². The van der Waals surface area contributed by atoms with E-state index in [1.165, 1.54) is 0 Å². The number of ether oxygens (including phenoxy) is 2. The van der Waals surface area contributed by atoms with E-state index in [9.17, 15) is 0 Å². The van der Waals surface area contributed by atoms with Crippen molar-refractivity contribution in [1.29, 1.82) is 0 Å². The van der Waals surface area contributed by atoms with Crippen molar-refractivity contribution < 1.29 is 9.47 Å². The van der Waals surface area contributed by atoms with Crippen LogP contribution in [0.4, 0.5) is 0 Å². The highest BCUT2D eigenvalue weighted by Gasteiger charge is 2.26. The van der Waals surface area contributed by atoms with Gasteiger partial charge in [0.2, 0.25) is 0 Å². The highest BCUT2D eigenvalue weighted by Crippen LogP contribution is 2.40. The van der Waals surface area contributed by atoms with Crippen LogP contribution in [-0.4, -0.2) is 13.2 Å². The Morgan fingerprint density at radius 3 is 2.53 bits per heavy atom. The maximum absolute atomic E-state index is 6.15. The number of aryl methyl sites for hydroxylation is 1. The van der Waals surface area contributed by atoms with Crippen molar-refractivity contribution in [3.05, 3.63) is 23.3 Å². The summed E-state index contributed by atoms with van der Waals surface area (Å²) >= 11 is 0. The van der Waals surface area contributed by atoms with Crippen LogP contribution in [0.1, 0.15) is 25.0 Å². The third-order valence-electron chi connectivity index (χ3n) is 2.56. The summed E-state index contributed by atoms with van der Waals surface area (Å²) < 4.78 is 11.2. The molecular formula is C12H17NO2. The minimum atomic E-state index is -0.407. The zero-order chi connectivity index (χ0) is 11.1. The predicted molar refractivity (Wildman–Crippen MR) is 59.4 cm³/mol. The highest BCUT2D eigenvalue weighted by molar-refractivity contribution is 5.53. The molecule has 0 aliphatic carbocycles. The molecule has 0 atom stereocenters. The van der Waals surface area contributed by atoms with E-state index in [1.807, 2.05) is 32.9 Å². The van der Waals surface area contributed by atoms with Crippen molar-refractivity contribution in [2.75, 3.05) is 13.2 Å². The zero-order valence-electron chi connectivity index (χ0n) is 9.46. The molecule has 2 N–H and O–H groups in total. The van der Waals surface area contributed by atoms with Gasteiger partial charge in [0.15, 0.2) is 11.5 Å². The minimum Gasteiger partial charge on any atom is -0.486 e. The summed E-state index contributed by atoms with van der Waals surface area (Å²) in [5, 5.41) is 0. The Morgan fingerprint density at radius 1 is 1.20 bits per heavy atom. The summed E-state index contributed by atoms with van der Waals surface area (Å²) in [7, 11) is 0. The van der Waals surface area contributed by atoms with Crippen LogP contribution in [0.5, 0.6) is 11.5 Å². The molecule has 0 amide bonds. The second-order valence-corrected chi connectivity index (χ2v) is 4.50. The summed E-state index contributed by atoms with van der Waals surface area (Å²) in [6.45, 7) is 7.21. The summed E-state index contributed by atoms with van der Waals surface area (Å²) in [4.78, 5) is 0. The summed E-state index contributed by atoms with van der Waals surface area (Å²) in [6.07, 6.45) is 0. The van der Waals surface area contributed by atoms with Gasteiger partial charge in [-0.05, 0) is 32.4 Å². The van der Waals surface area contributed by atoms with Gasteiger partial charge in [0.25, 0.3) is 0 Å². The van der Waals surface area contributed by atoms with Gasteiger partial charge in [-0.15, -0.1) is 0 Å². The Balaban J connectivity index is 2.60. The number of hydrogen-bond donors (Lipinski definition) is 1. The topological polar surface area (TPSA) is 44.5 Å². The van der Waals surface area contributed by atoms with Crippen LogP contribution in [0.15, 0.2) is 12.1 Å². The molecule has 1 aromatic carbocycles. The fraction of sp³-hybridized carbons (Fsp3) is 0.500. The lowest BCUT2D eigenvalue weighted by molar-refractivity contribution is 0.167. The lowest BCUT2D eigenvalue weighted by Gasteiger charge is -2.28. The van der Waals surface area contributed by atoms with Crippen LogP contribution in [0, 0.1) is 6.92 Å². The highest BCUT2D eigenvalue weighted by atomic mass is 16.6. The molecule has 15 heavy (non-hydrogen) atoms. The average Bonchev–Trinajstić information content (AvgIpc) is 2.15. The van der Waals surface area contributed by atoms with E-state index in [1.54, 1.807) is 0 Å². The third-order valence-corrected chi connectivity index (χ3v) is 2.56. The van der Waals surface area contributed by atoms with E-state index in [0.29, 0.717) is 13.2 Å². The Hall–Kier alpha value is -1.22. The molecule has 0 bridgehead atoms. The average molecular weight is 207 g/mol. The summed E-state index contributed by atoms with van der Waals surface area (Å²) in [5.41, 5.74) is 7.93. The first kappa shape index (κ1) is 10.3. The Labute approximate surface area is 90.2 Å². The number of hydrogen-bond acceptors (Lipinski definition) is 3. The molecule has 1 aliphatic rings. The Kier molecular flexibility index (Phi) is 2.35. The number of nitrogens with two attached hydrogens (primary N) is 1. The minimum absolute atomic E-state index is 0.407. The molecule has 82 valence electrons. The molecule has 1 heterocycles. The second kappa shape index (κ2) is 3.42. The van der Waals surface area contributed by atoms with Gasteiger partial charge < -0.3 is 15.2 Å². The van der Waals surface area contributed by atoms with Gasteiger partial charge in [0.1, 0.15) is 13.2 Å². The van der Waals surface area contributed by atoms with Crippen molar-refractivity contribution in [1.82, 2.24) is 0 Å². The quantitative estimate of drug-likeness (QED) is 0.765. The molecule has 1 aliphatic heterocycles. The molecule has 0 spiro atoms. The van der Waals surface area contributed by atoms with Crippen molar-refractivity contribution in [2.24, 2.45) is 5.73 Å². The summed E-state index contributed by atoms with van der Waals surface area (Å²) in [6, 6.07) is 3.97. The molecule has 0 aromatic heterocycles. The van der Waals surface area contributed by atoms with Crippen molar-refractivity contribution in [3.63, 3.8) is 0 Å². The first-order valence-electron chi connectivity index (χ1n) is 5.18. The van der Waals surface area contributed by atoms with Crippen LogP contribution in [0.25, 0.3) is 0 Å². The molecule has 0 radical (unpaired) electrons. The smallest absolute Gasteiger partial charge is 0.166 e. The molecule has 0 saturated heterocycles. The first-order valence-corrected chi connectivity index (χ1v) is 5.18. The van der Waals surface area contributed by atoms with E-state index >= 15 is 0 Å². The molecule has 3 heteroatoms. The van der Waals surface area contributed by atoms with E-state index in [0.717, 1.165) is 22.6 Å². The molecule has 2 rings (SSSR count). The van der Waals surface area contributed by atoms with Crippen LogP contribution in [0.3, 0.4) is 0 Å². The molecule has 0 fully saturated rings.